The quantitative estimate of drug-likeness (QED) is 0.830. The van der Waals surface area contributed by atoms with E-state index < -0.39 is 5.60 Å². The van der Waals surface area contributed by atoms with Gasteiger partial charge in [0.1, 0.15) is 18.0 Å². The van der Waals surface area contributed by atoms with Crippen LogP contribution in [0, 0.1) is 12.8 Å². The van der Waals surface area contributed by atoms with Crippen LogP contribution in [0.1, 0.15) is 24.8 Å². The van der Waals surface area contributed by atoms with Crippen LogP contribution in [0.15, 0.2) is 24.3 Å². The van der Waals surface area contributed by atoms with Gasteiger partial charge in [-0.05, 0) is 37.8 Å². The topological polar surface area (TPSA) is 48.0 Å². The summed E-state index contributed by atoms with van der Waals surface area (Å²) in [5.74, 6) is 1.22. The van der Waals surface area contributed by atoms with Gasteiger partial charge in [0.2, 0.25) is 5.91 Å². The van der Waals surface area contributed by atoms with Crippen molar-refractivity contribution in [3.63, 3.8) is 0 Å². The van der Waals surface area contributed by atoms with Gasteiger partial charge in [-0.2, -0.15) is 0 Å². The average Bonchev–Trinajstić information content (AvgIpc) is 3.06. The number of ether oxygens (including phenoxy) is 3. The molecule has 1 atom stereocenters. The zero-order valence-electron chi connectivity index (χ0n) is 14.6. The summed E-state index contributed by atoms with van der Waals surface area (Å²) in [6.07, 6.45) is 2.47. The van der Waals surface area contributed by atoms with E-state index in [1.807, 2.05) is 36.1 Å². The highest BCUT2D eigenvalue weighted by Gasteiger charge is 2.42. The lowest BCUT2D eigenvalue weighted by atomic mass is 9.98. The summed E-state index contributed by atoms with van der Waals surface area (Å²) in [6, 6.07) is 7.97. The van der Waals surface area contributed by atoms with Crippen LogP contribution < -0.4 is 4.74 Å². The summed E-state index contributed by atoms with van der Waals surface area (Å²) in [4.78, 5) is 14.7. The molecule has 1 amide bonds. The molecule has 0 radical (unpaired) electrons. The van der Waals surface area contributed by atoms with Gasteiger partial charge in [-0.25, -0.2) is 0 Å². The standard InChI is InChI=1S/C19H27NO4/c1-15-5-3-4-6-17(15)24-14-19(22-2)9-10-20(13-19)18(21)16-7-11-23-12-8-16/h3-6,16H,7-14H2,1-2H3/t19-/m1/s1. The second kappa shape index (κ2) is 7.53. The van der Waals surface area contributed by atoms with Crippen LogP contribution in [0.25, 0.3) is 0 Å². The molecule has 2 heterocycles. The molecular weight excluding hydrogens is 306 g/mol. The first-order valence-corrected chi connectivity index (χ1v) is 8.74. The minimum Gasteiger partial charge on any atom is -0.490 e. The molecule has 1 aromatic rings. The molecule has 2 aliphatic rings. The van der Waals surface area contributed by atoms with Crippen LogP contribution in [-0.2, 0) is 14.3 Å². The minimum absolute atomic E-state index is 0.101. The molecule has 5 nitrogen and oxygen atoms in total. The van der Waals surface area contributed by atoms with Crippen molar-refractivity contribution in [3.8, 4) is 5.75 Å². The molecule has 1 aromatic carbocycles. The number of hydrogen-bond donors (Lipinski definition) is 0. The van der Waals surface area contributed by atoms with E-state index >= 15 is 0 Å². The molecule has 0 unspecified atom stereocenters. The normalized spacial score (nSPS) is 25.0. The van der Waals surface area contributed by atoms with Gasteiger partial charge in [0.05, 0.1) is 6.54 Å². The SMILES string of the molecule is CO[C@]1(COc2ccccc2C)CCN(C(=O)C2CCOCC2)C1. The predicted octanol–water partition coefficient (Wildman–Crippen LogP) is 2.42. The number of aryl methyl sites for hydroxylation is 1. The van der Waals surface area contributed by atoms with E-state index in [9.17, 15) is 4.79 Å². The van der Waals surface area contributed by atoms with Gasteiger partial charge >= 0.3 is 0 Å². The van der Waals surface area contributed by atoms with Crippen molar-refractivity contribution in [1.29, 1.82) is 0 Å². The second-order valence-electron chi connectivity index (χ2n) is 6.84. The number of likely N-dealkylation sites (tertiary alicyclic amines) is 1. The van der Waals surface area contributed by atoms with Crippen LogP contribution in [0.2, 0.25) is 0 Å². The fraction of sp³-hybridized carbons (Fsp3) is 0.632. The summed E-state index contributed by atoms with van der Waals surface area (Å²) in [7, 11) is 1.71. The predicted molar refractivity (Wildman–Crippen MR) is 91.2 cm³/mol. The Morgan fingerprint density at radius 1 is 1.33 bits per heavy atom. The first-order valence-electron chi connectivity index (χ1n) is 8.74. The van der Waals surface area contributed by atoms with Gasteiger partial charge in [0, 0.05) is 32.8 Å². The van der Waals surface area contributed by atoms with Crippen molar-refractivity contribution in [2.24, 2.45) is 5.92 Å². The van der Waals surface area contributed by atoms with E-state index in [-0.39, 0.29) is 11.8 Å². The van der Waals surface area contributed by atoms with E-state index in [0.717, 1.165) is 37.1 Å². The highest BCUT2D eigenvalue weighted by molar-refractivity contribution is 5.79. The Morgan fingerprint density at radius 3 is 2.79 bits per heavy atom. The highest BCUT2D eigenvalue weighted by Crippen LogP contribution is 2.29. The smallest absolute Gasteiger partial charge is 0.225 e. The molecule has 0 bridgehead atoms. The Hall–Kier alpha value is -1.59. The van der Waals surface area contributed by atoms with E-state index in [1.165, 1.54) is 0 Å². The molecule has 0 spiro atoms. The van der Waals surface area contributed by atoms with Crippen LogP contribution in [0.5, 0.6) is 5.75 Å². The number of amides is 1. The largest absolute Gasteiger partial charge is 0.490 e. The third-order valence-corrected chi connectivity index (χ3v) is 5.22. The van der Waals surface area contributed by atoms with Crippen LogP contribution in [0.3, 0.4) is 0 Å². The third-order valence-electron chi connectivity index (χ3n) is 5.22. The number of benzene rings is 1. The number of carbonyl (C=O) groups is 1. The second-order valence-corrected chi connectivity index (χ2v) is 6.84. The summed E-state index contributed by atoms with van der Waals surface area (Å²) in [6.45, 7) is 5.22. The van der Waals surface area contributed by atoms with Crippen LogP contribution in [0.4, 0.5) is 0 Å². The highest BCUT2D eigenvalue weighted by atomic mass is 16.5. The number of hydrogen-bond acceptors (Lipinski definition) is 4. The Balaban J connectivity index is 1.60. The molecule has 3 rings (SSSR count). The van der Waals surface area contributed by atoms with Crippen molar-refractivity contribution < 1.29 is 19.0 Å². The maximum atomic E-state index is 12.7. The Kier molecular flexibility index (Phi) is 5.41. The molecular formula is C19H27NO4. The summed E-state index contributed by atoms with van der Waals surface area (Å²) in [5.41, 5.74) is 0.695. The van der Waals surface area contributed by atoms with Crippen molar-refractivity contribution >= 4 is 5.91 Å². The molecule has 5 heteroatoms. The summed E-state index contributed by atoms with van der Waals surface area (Å²) < 4.78 is 17.1. The zero-order chi connectivity index (χ0) is 17.0. The fourth-order valence-corrected chi connectivity index (χ4v) is 3.51. The summed E-state index contributed by atoms with van der Waals surface area (Å²) in [5, 5.41) is 0. The first-order chi connectivity index (χ1) is 11.6. The molecule has 0 N–H and O–H groups in total. The van der Waals surface area contributed by atoms with Crippen molar-refractivity contribution in [1.82, 2.24) is 4.90 Å². The van der Waals surface area contributed by atoms with Gasteiger partial charge in [0.25, 0.3) is 0 Å². The number of methoxy groups -OCH3 is 1. The zero-order valence-corrected chi connectivity index (χ0v) is 14.6. The van der Waals surface area contributed by atoms with Crippen LogP contribution >= 0.6 is 0 Å². The molecule has 2 saturated heterocycles. The van der Waals surface area contributed by atoms with Gasteiger partial charge in [-0.15, -0.1) is 0 Å². The van der Waals surface area contributed by atoms with Crippen molar-refractivity contribution in [2.75, 3.05) is 40.0 Å². The number of para-hydroxylation sites is 1. The third kappa shape index (κ3) is 3.73. The van der Waals surface area contributed by atoms with Crippen LogP contribution in [-0.4, -0.2) is 56.4 Å². The lowest BCUT2D eigenvalue weighted by Crippen LogP contribution is -2.44. The molecule has 0 aliphatic carbocycles. The van der Waals surface area contributed by atoms with E-state index in [1.54, 1.807) is 7.11 Å². The molecule has 2 fully saturated rings. The Bertz CT molecular complexity index is 570. The number of rotatable bonds is 5. The molecule has 132 valence electrons. The lowest BCUT2D eigenvalue weighted by Gasteiger charge is -2.30. The molecule has 0 aromatic heterocycles. The minimum atomic E-state index is -0.414. The monoisotopic (exact) mass is 333 g/mol. The van der Waals surface area contributed by atoms with E-state index in [2.05, 4.69) is 0 Å². The number of carbonyl (C=O) groups excluding carboxylic acids is 1. The Labute approximate surface area is 143 Å². The molecule has 2 aliphatic heterocycles. The van der Waals surface area contributed by atoms with Gasteiger partial charge in [-0.3, -0.25) is 4.79 Å². The average molecular weight is 333 g/mol. The lowest BCUT2D eigenvalue weighted by molar-refractivity contribution is -0.139. The van der Waals surface area contributed by atoms with Crippen molar-refractivity contribution in [3.05, 3.63) is 29.8 Å². The first kappa shape index (κ1) is 17.2. The molecule has 0 saturated carbocycles. The summed E-state index contributed by atoms with van der Waals surface area (Å²) >= 11 is 0. The van der Waals surface area contributed by atoms with Crippen molar-refractivity contribution in [2.45, 2.75) is 31.8 Å². The maximum Gasteiger partial charge on any atom is 0.225 e. The van der Waals surface area contributed by atoms with Gasteiger partial charge < -0.3 is 19.1 Å². The Morgan fingerprint density at radius 2 is 2.08 bits per heavy atom. The van der Waals surface area contributed by atoms with E-state index in [4.69, 9.17) is 14.2 Å². The maximum absolute atomic E-state index is 12.7. The van der Waals surface area contributed by atoms with Gasteiger partial charge in [-0.1, -0.05) is 18.2 Å². The number of nitrogens with zero attached hydrogens (tertiary/aromatic N) is 1. The van der Waals surface area contributed by atoms with E-state index in [0.29, 0.717) is 26.4 Å². The fourth-order valence-electron chi connectivity index (χ4n) is 3.51. The molecule has 24 heavy (non-hydrogen) atoms. The van der Waals surface area contributed by atoms with Gasteiger partial charge in [0.15, 0.2) is 0 Å².